The molecule has 0 aliphatic carbocycles. The minimum absolute atomic E-state index is 1.06. The van der Waals surface area contributed by atoms with Crippen LogP contribution >= 0.6 is 0 Å². The molecule has 0 aromatic carbocycles. The summed E-state index contributed by atoms with van der Waals surface area (Å²) in [6.45, 7) is 8.15. The molecule has 0 saturated heterocycles. The Morgan fingerprint density at radius 3 is 2.67 bits per heavy atom. The van der Waals surface area contributed by atoms with Gasteiger partial charge in [-0.3, -0.25) is 0 Å². The van der Waals surface area contributed by atoms with Crippen LogP contribution < -0.4 is 0 Å². The molecule has 0 spiro atoms. The summed E-state index contributed by atoms with van der Waals surface area (Å²) in [4.78, 5) is 0. The van der Waals surface area contributed by atoms with Crippen molar-refractivity contribution in [3.8, 4) is 0 Å². The molecule has 0 atom stereocenters. The molecular formula is C9H17. The van der Waals surface area contributed by atoms with Crippen LogP contribution in [0, 0.1) is 6.92 Å². The summed E-state index contributed by atoms with van der Waals surface area (Å²) in [6.07, 6.45) is 7.01. The Bertz CT molecular complexity index is 80.0. The molecule has 0 aliphatic rings. The van der Waals surface area contributed by atoms with E-state index in [4.69, 9.17) is 0 Å². The van der Waals surface area contributed by atoms with Crippen LogP contribution in [0.5, 0.6) is 0 Å². The van der Waals surface area contributed by atoms with Crippen LogP contribution in [0.25, 0.3) is 0 Å². The summed E-state index contributed by atoms with van der Waals surface area (Å²) < 4.78 is 0. The second-order valence-electron chi connectivity index (χ2n) is 2.40. The largest absolute Gasteiger partial charge is 0.0856 e. The third-order valence-corrected chi connectivity index (χ3v) is 1.50. The molecule has 0 N–H and O–H groups in total. The van der Waals surface area contributed by atoms with E-state index in [1.165, 1.54) is 24.8 Å². The van der Waals surface area contributed by atoms with Gasteiger partial charge in [0.25, 0.3) is 0 Å². The van der Waals surface area contributed by atoms with Gasteiger partial charge in [0.15, 0.2) is 0 Å². The summed E-state index contributed by atoms with van der Waals surface area (Å²) in [6, 6.07) is 0. The van der Waals surface area contributed by atoms with Gasteiger partial charge in [0, 0.05) is 0 Å². The van der Waals surface area contributed by atoms with E-state index >= 15 is 0 Å². The van der Waals surface area contributed by atoms with Crippen molar-refractivity contribution in [3.63, 3.8) is 0 Å². The Kier molecular flexibility index (Phi) is 5.70. The minimum atomic E-state index is 1.06. The van der Waals surface area contributed by atoms with Gasteiger partial charge in [-0.15, -0.1) is 0 Å². The van der Waals surface area contributed by atoms with E-state index in [-0.39, 0.29) is 0 Å². The van der Waals surface area contributed by atoms with Crippen LogP contribution in [0.15, 0.2) is 11.6 Å². The number of rotatable bonds is 4. The lowest BCUT2D eigenvalue weighted by molar-refractivity contribution is 0.855. The third-order valence-electron chi connectivity index (χ3n) is 1.50. The van der Waals surface area contributed by atoms with E-state index in [2.05, 4.69) is 26.8 Å². The van der Waals surface area contributed by atoms with Crippen molar-refractivity contribution in [2.75, 3.05) is 0 Å². The molecular weight excluding hydrogens is 108 g/mol. The fourth-order valence-electron chi connectivity index (χ4n) is 0.637. The van der Waals surface area contributed by atoms with E-state index in [0.29, 0.717) is 0 Å². The maximum Gasteiger partial charge on any atom is -0.0348 e. The first-order valence-corrected chi connectivity index (χ1v) is 3.76. The second kappa shape index (κ2) is 5.87. The zero-order valence-electron chi connectivity index (χ0n) is 6.61. The number of hydrogen-bond donors (Lipinski definition) is 0. The lowest BCUT2D eigenvalue weighted by atomic mass is 10.1. The first-order valence-electron chi connectivity index (χ1n) is 3.76. The normalized spacial score (nSPS) is 12.1. The summed E-state index contributed by atoms with van der Waals surface area (Å²) in [5, 5.41) is 0. The molecule has 0 saturated carbocycles. The summed E-state index contributed by atoms with van der Waals surface area (Å²) in [5.41, 5.74) is 1.50. The fraction of sp³-hybridized carbons (Fsp3) is 0.667. The van der Waals surface area contributed by atoms with Crippen LogP contribution in [-0.2, 0) is 0 Å². The van der Waals surface area contributed by atoms with E-state index in [1.807, 2.05) is 0 Å². The van der Waals surface area contributed by atoms with Crippen molar-refractivity contribution in [3.05, 3.63) is 18.6 Å². The van der Waals surface area contributed by atoms with Gasteiger partial charge < -0.3 is 0 Å². The predicted molar refractivity (Wildman–Crippen MR) is 43.3 cm³/mol. The van der Waals surface area contributed by atoms with E-state index in [0.717, 1.165) is 6.42 Å². The molecule has 0 unspecified atom stereocenters. The van der Waals surface area contributed by atoms with Crippen molar-refractivity contribution >= 4 is 0 Å². The number of unbranched alkanes of at least 4 members (excludes halogenated alkanes) is 2. The lowest BCUT2D eigenvalue weighted by Crippen LogP contribution is -1.72. The lowest BCUT2D eigenvalue weighted by Gasteiger charge is -1.93. The van der Waals surface area contributed by atoms with Crippen LogP contribution in [0.4, 0.5) is 0 Å². The molecule has 9 heavy (non-hydrogen) atoms. The predicted octanol–water partition coefficient (Wildman–Crippen LogP) is 3.35. The number of allylic oxidation sites excluding steroid dienone is 2. The van der Waals surface area contributed by atoms with E-state index in [9.17, 15) is 0 Å². The molecule has 0 aromatic heterocycles. The molecule has 0 rings (SSSR count). The van der Waals surface area contributed by atoms with Crippen molar-refractivity contribution in [2.24, 2.45) is 0 Å². The van der Waals surface area contributed by atoms with Gasteiger partial charge in [-0.05, 0) is 26.2 Å². The molecule has 0 nitrogen and oxygen atoms in total. The Balaban J connectivity index is 3.21. The Morgan fingerprint density at radius 2 is 2.22 bits per heavy atom. The molecule has 0 amide bonds. The monoisotopic (exact) mass is 125 g/mol. The molecule has 1 radical (unpaired) electrons. The topological polar surface area (TPSA) is 0 Å². The highest BCUT2D eigenvalue weighted by Crippen LogP contribution is 2.02. The van der Waals surface area contributed by atoms with Gasteiger partial charge in [-0.1, -0.05) is 31.9 Å². The molecule has 0 heterocycles. The quantitative estimate of drug-likeness (QED) is 0.399. The second-order valence-corrected chi connectivity index (χ2v) is 2.40. The highest BCUT2D eigenvalue weighted by Gasteiger charge is 1.82. The van der Waals surface area contributed by atoms with Gasteiger partial charge in [0.1, 0.15) is 0 Å². The highest BCUT2D eigenvalue weighted by atomic mass is 13.9. The van der Waals surface area contributed by atoms with Gasteiger partial charge >= 0.3 is 0 Å². The van der Waals surface area contributed by atoms with Crippen LogP contribution in [0.3, 0.4) is 0 Å². The molecule has 0 bridgehead atoms. The average molecular weight is 125 g/mol. The Labute approximate surface area is 59.0 Å². The van der Waals surface area contributed by atoms with Gasteiger partial charge in [0.2, 0.25) is 0 Å². The van der Waals surface area contributed by atoms with Crippen molar-refractivity contribution in [2.45, 2.75) is 39.5 Å². The Morgan fingerprint density at radius 1 is 1.56 bits per heavy atom. The molecule has 0 fully saturated rings. The van der Waals surface area contributed by atoms with Gasteiger partial charge in [-0.25, -0.2) is 0 Å². The standard InChI is InChI=1S/C9H17/c1-4-6-7-8-9(3)5-2/h8H,1,4-7H2,2-3H3/b9-8+. The van der Waals surface area contributed by atoms with Crippen molar-refractivity contribution < 1.29 is 0 Å². The first kappa shape index (κ1) is 8.74. The molecule has 0 aromatic rings. The maximum absolute atomic E-state index is 3.78. The van der Waals surface area contributed by atoms with Gasteiger partial charge in [0.05, 0.1) is 0 Å². The van der Waals surface area contributed by atoms with Crippen LogP contribution in [-0.4, -0.2) is 0 Å². The zero-order valence-corrected chi connectivity index (χ0v) is 6.61. The van der Waals surface area contributed by atoms with Crippen LogP contribution in [0.2, 0.25) is 0 Å². The molecule has 0 aliphatic heterocycles. The fourth-order valence-corrected chi connectivity index (χ4v) is 0.637. The van der Waals surface area contributed by atoms with E-state index < -0.39 is 0 Å². The molecule has 0 heteroatoms. The summed E-state index contributed by atoms with van der Waals surface area (Å²) in [7, 11) is 0. The van der Waals surface area contributed by atoms with Crippen molar-refractivity contribution in [1.82, 2.24) is 0 Å². The van der Waals surface area contributed by atoms with Crippen molar-refractivity contribution in [1.29, 1.82) is 0 Å². The number of hydrogen-bond acceptors (Lipinski definition) is 0. The molecule has 53 valence electrons. The zero-order chi connectivity index (χ0) is 7.11. The van der Waals surface area contributed by atoms with Crippen LogP contribution in [0.1, 0.15) is 39.5 Å². The summed E-state index contributed by atoms with van der Waals surface area (Å²) in [5.74, 6) is 0. The Hall–Kier alpha value is -0.260. The first-order chi connectivity index (χ1) is 4.31. The van der Waals surface area contributed by atoms with Gasteiger partial charge in [-0.2, -0.15) is 0 Å². The highest BCUT2D eigenvalue weighted by molar-refractivity contribution is 4.96. The minimum Gasteiger partial charge on any atom is -0.0856 e. The van der Waals surface area contributed by atoms with E-state index in [1.54, 1.807) is 0 Å². The summed E-state index contributed by atoms with van der Waals surface area (Å²) >= 11 is 0. The average Bonchev–Trinajstić information content (AvgIpc) is 1.89. The SMILES string of the molecule is [CH2]CCC/C=C(\C)CC. The maximum atomic E-state index is 3.78. The smallest absolute Gasteiger partial charge is 0.0348 e. The third kappa shape index (κ3) is 5.61.